The summed E-state index contributed by atoms with van der Waals surface area (Å²) in [6.07, 6.45) is 1.52. The number of nitrogens with zero attached hydrogens (tertiary/aromatic N) is 4. The molecule has 0 unspecified atom stereocenters. The van der Waals surface area contributed by atoms with Gasteiger partial charge in [0, 0.05) is 16.9 Å². The van der Waals surface area contributed by atoms with Gasteiger partial charge in [-0.3, -0.25) is 0 Å². The Morgan fingerprint density at radius 1 is 1.05 bits per heavy atom. The van der Waals surface area contributed by atoms with Crippen LogP contribution >= 0.6 is 0 Å². The lowest BCUT2D eigenvalue weighted by Crippen LogP contribution is -2.07. The molecule has 0 aliphatic heterocycles. The summed E-state index contributed by atoms with van der Waals surface area (Å²) >= 11 is 0. The molecule has 3 rings (SSSR count). The molecule has 0 radical (unpaired) electrons. The molecule has 0 saturated heterocycles. The topological polar surface area (TPSA) is 55.1 Å². The number of hydrogen-bond acceptors (Lipinski definition) is 4. The van der Waals surface area contributed by atoms with Crippen molar-refractivity contribution in [3.05, 3.63) is 46.9 Å². The van der Waals surface area contributed by atoms with E-state index in [1.54, 1.807) is 4.52 Å². The van der Waals surface area contributed by atoms with Crippen LogP contribution in [0.3, 0.4) is 0 Å². The molecule has 0 spiro atoms. The molecule has 2 aromatic heterocycles. The van der Waals surface area contributed by atoms with Gasteiger partial charge in [0.2, 0.25) is 0 Å². The summed E-state index contributed by atoms with van der Waals surface area (Å²) in [5.41, 5.74) is 5.60. The highest BCUT2D eigenvalue weighted by Gasteiger charge is 2.12. The van der Waals surface area contributed by atoms with Gasteiger partial charge in [-0.05, 0) is 44.9 Å². The second kappa shape index (κ2) is 4.59. The molecule has 0 atom stereocenters. The number of fused-ring (bicyclic) bond motifs is 1. The third-order valence-corrected chi connectivity index (χ3v) is 3.76. The van der Waals surface area contributed by atoms with E-state index >= 15 is 0 Å². The van der Waals surface area contributed by atoms with E-state index < -0.39 is 0 Å². The van der Waals surface area contributed by atoms with Gasteiger partial charge < -0.3 is 5.32 Å². The van der Waals surface area contributed by atoms with Gasteiger partial charge in [0.25, 0.3) is 5.78 Å². The van der Waals surface area contributed by atoms with Gasteiger partial charge in [0.05, 0.1) is 0 Å². The van der Waals surface area contributed by atoms with Crippen LogP contribution in [0.4, 0.5) is 11.5 Å². The molecule has 0 amide bonds. The predicted molar refractivity (Wildman–Crippen MR) is 79.5 cm³/mol. The molecule has 20 heavy (non-hydrogen) atoms. The number of hydrogen-bond donors (Lipinski definition) is 1. The van der Waals surface area contributed by atoms with Crippen molar-refractivity contribution in [2.24, 2.45) is 0 Å². The van der Waals surface area contributed by atoms with Crippen molar-refractivity contribution in [1.82, 2.24) is 19.6 Å². The van der Waals surface area contributed by atoms with Crippen LogP contribution < -0.4 is 5.32 Å². The number of benzene rings is 1. The molecule has 0 aliphatic carbocycles. The lowest BCUT2D eigenvalue weighted by molar-refractivity contribution is 0.923. The van der Waals surface area contributed by atoms with E-state index in [0.717, 1.165) is 22.8 Å². The number of aryl methyl sites for hydroxylation is 2. The second-order valence-corrected chi connectivity index (χ2v) is 5.02. The lowest BCUT2D eigenvalue weighted by Gasteiger charge is -2.15. The fourth-order valence-electron chi connectivity index (χ4n) is 2.19. The van der Waals surface area contributed by atoms with E-state index in [-0.39, 0.29) is 0 Å². The Hall–Kier alpha value is -2.43. The quantitative estimate of drug-likeness (QED) is 0.775. The van der Waals surface area contributed by atoms with E-state index in [4.69, 9.17) is 0 Å². The summed E-state index contributed by atoms with van der Waals surface area (Å²) in [5, 5.41) is 7.72. The maximum atomic E-state index is 4.43. The minimum Gasteiger partial charge on any atom is -0.340 e. The van der Waals surface area contributed by atoms with E-state index in [1.165, 1.54) is 17.5 Å². The van der Waals surface area contributed by atoms with Gasteiger partial charge in [-0.15, -0.1) is 0 Å². The first-order valence-corrected chi connectivity index (χ1v) is 6.58. The van der Waals surface area contributed by atoms with Crippen LogP contribution in [0.2, 0.25) is 0 Å². The highest BCUT2D eigenvalue weighted by molar-refractivity contribution is 5.66. The molecule has 0 saturated carbocycles. The molecule has 0 fully saturated rings. The smallest absolute Gasteiger partial charge is 0.254 e. The highest BCUT2D eigenvalue weighted by Crippen LogP contribution is 2.25. The molecule has 5 heteroatoms. The lowest BCUT2D eigenvalue weighted by atomic mass is 10.1. The molecule has 1 N–H and O–H groups in total. The molecular weight excluding hydrogens is 250 g/mol. The SMILES string of the molecule is Cc1cccc(Nc2c(C)c(C)nc3ncnn23)c1C. The summed E-state index contributed by atoms with van der Waals surface area (Å²) in [4.78, 5) is 8.59. The van der Waals surface area contributed by atoms with E-state index in [1.807, 2.05) is 19.9 Å². The van der Waals surface area contributed by atoms with Gasteiger partial charge >= 0.3 is 0 Å². The van der Waals surface area contributed by atoms with Crippen molar-refractivity contribution >= 4 is 17.3 Å². The Labute approximate surface area is 117 Å². The van der Waals surface area contributed by atoms with Crippen LogP contribution in [0, 0.1) is 27.7 Å². The maximum Gasteiger partial charge on any atom is 0.254 e. The van der Waals surface area contributed by atoms with Crippen molar-refractivity contribution in [3.8, 4) is 0 Å². The summed E-state index contributed by atoms with van der Waals surface area (Å²) in [7, 11) is 0. The molecular formula is C15H17N5. The zero-order chi connectivity index (χ0) is 14.3. The third kappa shape index (κ3) is 1.91. The van der Waals surface area contributed by atoms with Crippen LogP contribution in [0.15, 0.2) is 24.5 Å². The normalized spacial score (nSPS) is 11.0. The number of nitrogens with one attached hydrogen (secondary N) is 1. The second-order valence-electron chi connectivity index (χ2n) is 5.02. The van der Waals surface area contributed by atoms with E-state index in [9.17, 15) is 0 Å². The standard InChI is InChI=1S/C15H17N5/c1-9-6-5-7-13(10(9)2)19-14-11(3)12(4)18-15-16-8-17-20(14)15/h5-8,19H,1-4H3. The van der Waals surface area contributed by atoms with E-state index in [2.05, 4.69) is 46.4 Å². The first kappa shape index (κ1) is 12.6. The summed E-state index contributed by atoms with van der Waals surface area (Å²) in [6, 6.07) is 6.23. The average molecular weight is 267 g/mol. The Bertz CT molecular complexity index is 788. The first-order chi connectivity index (χ1) is 9.58. The largest absolute Gasteiger partial charge is 0.340 e. The Morgan fingerprint density at radius 2 is 1.85 bits per heavy atom. The zero-order valence-electron chi connectivity index (χ0n) is 12.1. The average Bonchev–Trinajstić information content (AvgIpc) is 2.87. The van der Waals surface area contributed by atoms with Gasteiger partial charge in [-0.25, -0.2) is 4.98 Å². The number of aromatic nitrogens is 4. The van der Waals surface area contributed by atoms with Crippen molar-refractivity contribution in [2.45, 2.75) is 27.7 Å². The molecule has 3 aromatic rings. The minimum absolute atomic E-state index is 0.612. The highest BCUT2D eigenvalue weighted by atomic mass is 15.4. The molecule has 2 heterocycles. The van der Waals surface area contributed by atoms with Gasteiger partial charge in [-0.1, -0.05) is 12.1 Å². The monoisotopic (exact) mass is 267 g/mol. The number of anilines is 2. The van der Waals surface area contributed by atoms with Crippen LogP contribution in [0.5, 0.6) is 0 Å². The zero-order valence-corrected chi connectivity index (χ0v) is 12.1. The van der Waals surface area contributed by atoms with Crippen LogP contribution in [-0.2, 0) is 0 Å². The third-order valence-electron chi connectivity index (χ3n) is 3.76. The molecule has 1 aromatic carbocycles. The Morgan fingerprint density at radius 3 is 2.65 bits per heavy atom. The fourth-order valence-corrected chi connectivity index (χ4v) is 2.19. The minimum atomic E-state index is 0.612. The summed E-state index contributed by atoms with van der Waals surface area (Å²) < 4.78 is 1.74. The van der Waals surface area contributed by atoms with Crippen LogP contribution in [0.25, 0.3) is 5.78 Å². The Balaban J connectivity index is 2.17. The Kier molecular flexibility index (Phi) is 2.89. The van der Waals surface area contributed by atoms with Crippen molar-refractivity contribution < 1.29 is 0 Å². The van der Waals surface area contributed by atoms with Crippen molar-refractivity contribution in [1.29, 1.82) is 0 Å². The predicted octanol–water partition coefficient (Wildman–Crippen LogP) is 3.10. The molecule has 0 aliphatic rings. The molecule has 102 valence electrons. The summed E-state index contributed by atoms with van der Waals surface area (Å²) in [5.74, 6) is 1.53. The number of rotatable bonds is 2. The van der Waals surface area contributed by atoms with Crippen LogP contribution in [-0.4, -0.2) is 19.6 Å². The van der Waals surface area contributed by atoms with Crippen molar-refractivity contribution in [2.75, 3.05) is 5.32 Å². The van der Waals surface area contributed by atoms with Crippen LogP contribution in [0.1, 0.15) is 22.4 Å². The molecule has 0 bridgehead atoms. The molecule has 5 nitrogen and oxygen atoms in total. The maximum absolute atomic E-state index is 4.43. The van der Waals surface area contributed by atoms with E-state index in [0.29, 0.717) is 5.78 Å². The van der Waals surface area contributed by atoms with Gasteiger partial charge in [0.1, 0.15) is 12.1 Å². The van der Waals surface area contributed by atoms with Crippen molar-refractivity contribution in [3.63, 3.8) is 0 Å². The van der Waals surface area contributed by atoms with Gasteiger partial charge in [-0.2, -0.15) is 14.6 Å². The van der Waals surface area contributed by atoms with Gasteiger partial charge in [0.15, 0.2) is 0 Å². The fraction of sp³-hybridized carbons (Fsp3) is 0.267. The first-order valence-electron chi connectivity index (χ1n) is 6.58. The summed E-state index contributed by atoms with van der Waals surface area (Å²) in [6.45, 7) is 8.24.